The molecular formula is C21H26N4O3S. The van der Waals surface area contributed by atoms with E-state index in [1.54, 1.807) is 22.9 Å². The number of amides is 2. The fourth-order valence-electron chi connectivity index (χ4n) is 3.55. The van der Waals surface area contributed by atoms with Crippen LogP contribution in [0, 0.1) is 13.8 Å². The molecule has 29 heavy (non-hydrogen) atoms. The molecule has 7 nitrogen and oxygen atoms in total. The Bertz CT molecular complexity index is 901. The third kappa shape index (κ3) is 5.65. The number of aromatic nitrogens is 1. The number of anilines is 1. The van der Waals surface area contributed by atoms with Gasteiger partial charge in [0, 0.05) is 35.8 Å². The molecule has 0 unspecified atom stereocenters. The molecule has 3 N–H and O–H groups in total. The Kier molecular flexibility index (Phi) is 7.00. The van der Waals surface area contributed by atoms with E-state index in [1.807, 2.05) is 38.1 Å². The van der Waals surface area contributed by atoms with Crippen molar-refractivity contribution in [2.75, 3.05) is 18.0 Å². The van der Waals surface area contributed by atoms with Crippen molar-refractivity contribution in [3.63, 3.8) is 0 Å². The van der Waals surface area contributed by atoms with E-state index < -0.39 is 5.91 Å². The van der Waals surface area contributed by atoms with E-state index in [9.17, 15) is 9.59 Å². The maximum atomic E-state index is 12.4. The summed E-state index contributed by atoms with van der Waals surface area (Å²) in [5.74, 6) is -0.540. The summed E-state index contributed by atoms with van der Waals surface area (Å²) in [6, 6.07) is 7.98. The van der Waals surface area contributed by atoms with Crippen LogP contribution in [0.2, 0.25) is 0 Å². The van der Waals surface area contributed by atoms with Crippen LogP contribution in [-0.2, 0) is 16.0 Å². The molecular weight excluding hydrogens is 388 g/mol. The van der Waals surface area contributed by atoms with Crippen molar-refractivity contribution >= 4 is 34.9 Å². The van der Waals surface area contributed by atoms with E-state index in [1.165, 1.54) is 6.08 Å². The first kappa shape index (κ1) is 21.0. The molecule has 1 aromatic heterocycles. The minimum Gasteiger partial charge on any atom is -0.371 e. The lowest BCUT2D eigenvalue weighted by Crippen LogP contribution is -2.45. The maximum absolute atomic E-state index is 12.4. The first-order chi connectivity index (χ1) is 14.0. The molecule has 8 heteroatoms. The van der Waals surface area contributed by atoms with Gasteiger partial charge in [-0.05, 0) is 44.4 Å². The highest BCUT2D eigenvalue weighted by Crippen LogP contribution is 2.25. The second kappa shape index (κ2) is 9.67. The number of piperidine rings is 1. The second-order valence-corrected chi connectivity index (χ2v) is 8.52. The van der Waals surface area contributed by atoms with E-state index in [2.05, 4.69) is 15.2 Å². The highest BCUT2D eigenvalue weighted by Gasteiger charge is 2.22. The molecule has 1 saturated heterocycles. The molecule has 0 saturated carbocycles. The number of nitrogens with zero attached hydrogens (tertiary/aromatic N) is 2. The van der Waals surface area contributed by atoms with Crippen LogP contribution >= 0.6 is 11.3 Å². The Labute approximate surface area is 174 Å². The molecule has 0 spiro atoms. The van der Waals surface area contributed by atoms with Crippen molar-refractivity contribution in [2.24, 2.45) is 0 Å². The van der Waals surface area contributed by atoms with Gasteiger partial charge in [0.2, 0.25) is 5.91 Å². The number of thiazole rings is 1. The van der Waals surface area contributed by atoms with Crippen LogP contribution in [0.15, 0.2) is 30.3 Å². The summed E-state index contributed by atoms with van der Waals surface area (Å²) < 4.78 is 0. The fourth-order valence-corrected chi connectivity index (χ4v) is 4.39. The zero-order chi connectivity index (χ0) is 20.8. The number of para-hydroxylation sites is 1. The fraction of sp³-hybridized carbons (Fsp3) is 0.381. The Hall–Kier alpha value is -2.71. The van der Waals surface area contributed by atoms with Gasteiger partial charge in [-0.1, -0.05) is 18.2 Å². The molecule has 2 amide bonds. The zero-order valence-corrected chi connectivity index (χ0v) is 17.5. The second-order valence-electron chi connectivity index (χ2n) is 7.11. The molecule has 154 valence electrons. The van der Waals surface area contributed by atoms with Gasteiger partial charge in [0.1, 0.15) is 0 Å². The summed E-state index contributed by atoms with van der Waals surface area (Å²) in [4.78, 5) is 31.5. The van der Waals surface area contributed by atoms with Gasteiger partial charge in [0.05, 0.1) is 17.1 Å². The topological polar surface area (TPSA) is 94.6 Å². The van der Waals surface area contributed by atoms with Crippen LogP contribution in [0.4, 0.5) is 5.69 Å². The molecule has 2 aromatic rings. The smallest absolute Gasteiger partial charge is 0.267 e. The maximum Gasteiger partial charge on any atom is 0.267 e. The quantitative estimate of drug-likeness (QED) is 0.384. The van der Waals surface area contributed by atoms with Crippen molar-refractivity contribution < 1.29 is 14.8 Å². The summed E-state index contributed by atoms with van der Waals surface area (Å²) in [6.07, 6.45) is 5.03. The standard InChI is InChI=1S/C21H26N4O3S/c1-14-18(22-15(2)29-14)13-21(27)23-17-9-11-25(12-10-17)19-6-4-3-5-16(19)7-8-20(26)24-28/h3-8,17,28H,9-13H2,1-2H3,(H,23,27)(H,24,26). The summed E-state index contributed by atoms with van der Waals surface area (Å²) >= 11 is 1.62. The third-order valence-corrected chi connectivity index (χ3v) is 5.92. The normalized spacial score (nSPS) is 14.9. The van der Waals surface area contributed by atoms with E-state index in [-0.39, 0.29) is 11.9 Å². The van der Waals surface area contributed by atoms with E-state index >= 15 is 0 Å². The van der Waals surface area contributed by atoms with Gasteiger partial charge in [0.15, 0.2) is 0 Å². The number of benzene rings is 1. The number of carbonyl (C=O) groups is 2. The highest BCUT2D eigenvalue weighted by molar-refractivity contribution is 7.11. The summed E-state index contributed by atoms with van der Waals surface area (Å²) in [5.41, 5.74) is 4.41. The lowest BCUT2D eigenvalue weighted by atomic mass is 10.0. The molecule has 1 fully saturated rings. The number of carbonyl (C=O) groups excluding carboxylic acids is 2. The highest BCUT2D eigenvalue weighted by atomic mass is 32.1. The van der Waals surface area contributed by atoms with Crippen molar-refractivity contribution in [3.05, 3.63) is 51.5 Å². The Morgan fingerprint density at radius 2 is 2.00 bits per heavy atom. The van der Waals surface area contributed by atoms with Crippen molar-refractivity contribution in [2.45, 2.75) is 39.2 Å². The predicted octanol–water partition coefficient (Wildman–Crippen LogP) is 2.61. The van der Waals surface area contributed by atoms with E-state index in [0.29, 0.717) is 6.42 Å². The number of rotatable bonds is 6. The molecule has 0 radical (unpaired) electrons. The lowest BCUT2D eigenvalue weighted by molar-refractivity contribution is -0.124. The largest absolute Gasteiger partial charge is 0.371 e. The predicted molar refractivity (Wildman–Crippen MR) is 114 cm³/mol. The van der Waals surface area contributed by atoms with Gasteiger partial charge < -0.3 is 10.2 Å². The Balaban J connectivity index is 1.55. The number of aryl methyl sites for hydroxylation is 2. The number of hydroxylamine groups is 1. The van der Waals surface area contributed by atoms with Crippen LogP contribution < -0.4 is 15.7 Å². The molecule has 0 aliphatic carbocycles. The van der Waals surface area contributed by atoms with Gasteiger partial charge in [0.25, 0.3) is 5.91 Å². The zero-order valence-electron chi connectivity index (χ0n) is 16.6. The lowest BCUT2D eigenvalue weighted by Gasteiger charge is -2.34. The van der Waals surface area contributed by atoms with Crippen molar-refractivity contribution in [1.82, 2.24) is 15.8 Å². The van der Waals surface area contributed by atoms with Gasteiger partial charge >= 0.3 is 0 Å². The van der Waals surface area contributed by atoms with Crippen molar-refractivity contribution in [1.29, 1.82) is 0 Å². The van der Waals surface area contributed by atoms with Crippen molar-refractivity contribution in [3.8, 4) is 0 Å². The van der Waals surface area contributed by atoms with Crippen LogP contribution in [0.5, 0.6) is 0 Å². The van der Waals surface area contributed by atoms with Crippen LogP contribution in [0.25, 0.3) is 6.08 Å². The van der Waals surface area contributed by atoms with E-state index in [4.69, 9.17) is 5.21 Å². The molecule has 1 aromatic carbocycles. The Morgan fingerprint density at radius 3 is 2.66 bits per heavy atom. The average molecular weight is 415 g/mol. The summed E-state index contributed by atoms with van der Waals surface area (Å²) in [6.45, 7) is 5.59. The van der Waals surface area contributed by atoms with Gasteiger partial charge in [-0.3, -0.25) is 14.8 Å². The average Bonchev–Trinajstić information content (AvgIpc) is 3.03. The molecule has 0 atom stereocenters. The van der Waals surface area contributed by atoms with Crippen LogP contribution in [0.3, 0.4) is 0 Å². The minimum absolute atomic E-state index is 0.0233. The molecule has 0 bridgehead atoms. The van der Waals surface area contributed by atoms with Gasteiger partial charge in [-0.15, -0.1) is 11.3 Å². The number of hydrogen-bond acceptors (Lipinski definition) is 6. The number of hydrogen-bond donors (Lipinski definition) is 3. The third-order valence-electron chi connectivity index (χ3n) is 4.99. The molecule has 2 heterocycles. The monoisotopic (exact) mass is 414 g/mol. The molecule has 1 aliphatic rings. The minimum atomic E-state index is -0.563. The molecule has 3 rings (SSSR count). The first-order valence-corrected chi connectivity index (χ1v) is 10.5. The van der Waals surface area contributed by atoms with E-state index in [0.717, 1.165) is 52.8 Å². The van der Waals surface area contributed by atoms with Crippen LogP contribution in [-0.4, -0.2) is 41.1 Å². The van der Waals surface area contributed by atoms with Crippen LogP contribution in [0.1, 0.15) is 34.0 Å². The van der Waals surface area contributed by atoms with Gasteiger partial charge in [-0.25, -0.2) is 10.5 Å². The SMILES string of the molecule is Cc1nc(CC(=O)NC2CCN(c3ccccc3C=CC(=O)NO)CC2)c(C)s1. The summed E-state index contributed by atoms with van der Waals surface area (Å²) in [7, 11) is 0. The first-order valence-electron chi connectivity index (χ1n) is 9.64. The molecule has 1 aliphatic heterocycles. The summed E-state index contributed by atoms with van der Waals surface area (Å²) in [5, 5.41) is 12.8. The van der Waals surface area contributed by atoms with Gasteiger partial charge in [-0.2, -0.15) is 0 Å². The number of nitrogens with one attached hydrogen (secondary N) is 2. The Morgan fingerprint density at radius 1 is 1.28 bits per heavy atom.